The third kappa shape index (κ3) is 3.36. The molecule has 0 radical (unpaired) electrons. The zero-order valence-corrected chi connectivity index (χ0v) is 12.7. The maximum atomic E-state index is 12.3. The number of hydrogen-bond acceptors (Lipinski definition) is 5. The minimum absolute atomic E-state index is 0.164. The smallest absolute Gasteiger partial charge is 0.272 e. The van der Waals surface area contributed by atoms with Gasteiger partial charge in [-0.2, -0.15) is 0 Å². The average molecular weight is 288 g/mol. The summed E-state index contributed by atoms with van der Waals surface area (Å²) in [7, 11) is 3.62. The van der Waals surface area contributed by atoms with Gasteiger partial charge in [0.2, 0.25) is 0 Å². The third-order valence-electron chi connectivity index (χ3n) is 3.14. The van der Waals surface area contributed by atoms with Gasteiger partial charge >= 0.3 is 0 Å². The molecule has 0 unspecified atom stereocenters. The highest BCUT2D eigenvalue weighted by molar-refractivity contribution is 5.97. The number of rotatable bonds is 5. The molecule has 0 atom stereocenters. The van der Waals surface area contributed by atoms with E-state index in [1.54, 1.807) is 19.4 Å². The Labute approximate surface area is 123 Å². The van der Waals surface area contributed by atoms with E-state index in [4.69, 9.17) is 0 Å². The quantitative estimate of drug-likeness (QED) is 0.866. The fraction of sp³-hybridized carbons (Fsp3) is 0.429. The molecular formula is C14H20N6O. The number of anilines is 1. The second-order valence-electron chi connectivity index (χ2n) is 5.03. The third-order valence-corrected chi connectivity index (χ3v) is 3.14. The first-order valence-electron chi connectivity index (χ1n) is 6.82. The van der Waals surface area contributed by atoms with E-state index in [0.717, 1.165) is 5.82 Å². The number of aryl methyl sites for hydroxylation is 1. The summed E-state index contributed by atoms with van der Waals surface area (Å²) >= 11 is 0. The fourth-order valence-corrected chi connectivity index (χ4v) is 1.84. The fourth-order valence-electron chi connectivity index (χ4n) is 1.84. The van der Waals surface area contributed by atoms with Crippen LogP contribution in [0.5, 0.6) is 0 Å². The summed E-state index contributed by atoms with van der Waals surface area (Å²) < 4.78 is 1.86. The van der Waals surface area contributed by atoms with Crippen molar-refractivity contribution in [2.45, 2.75) is 26.3 Å². The van der Waals surface area contributed by atoms with Gasteiger partial charge in [0.25, 0.3) is 5.91 Å². The van der Waals surface area contributed by atoms with Crippen LogP contribution in [0, 0.1) is 0 Å². The zero-order valence-electron chi connectivity index (χ0n) is 12.7. The highest BCUT2D eigenvalue weighted by Crippen LogP contribution is 2.15. The van der Waals surface area contributed by atoms with Gasteiger partial charge < -0.3 is 15.2 Å². The summed E-state index contributed by atoms with van der Waals surface area (Å²) in [6.45, 7) is 4.33. The first-order valence-corrected chi connectivity index (χ1v) is 6.82. The molecular weight excluding hydrogens is 268 g/mol. The lowest BCUT2D eigenvalue weighted by molar-refractivity contribution is 0.0945. The van der Waals surface area contributed by atoms with E-state index in [1.807, 2.05) is 31.7 Å². The largest absolute Gasteiger partial charge is 0.385 e. The van der Waals surface area contributed by atoms with Crippen molar-refractivity contribution in [3.8, 4) is 0 Å². The van der Waals surface area contributed by atoms with Crippen molar-refractivity contribution in [2.75, 3.05) is 12.4 Å². The van der Waals surface area contributed by atoms with Crippen LogP contribution in [0.25, 0.3) is 0 Å². The van der Waals surface area contributed by atoms with Gasteiger partial charge in [0, 0.05) is 32.4 Å². The van der Waals surface area contributed by atoms with Crippen LogP contribution >= 0.6 is 0 Å². The minimum atomic E-state index is -0.244. The number of carbonyl (C=O) groups excluding carboxylic acids is 1. The SMILES string of the molecule is CNc1cnc(C(C)C)nc1C(=O)NCc1nccn1C. The molecule has 112 valence electrons. The van der Waals surface area contributed by atoms with E-state index >= 15 is 0 Å². The maximum Gasteiger partial charge on any atom is 0.272 e. The second kappa shape index (κ2) is 6.34. The topological polar surface area (TPSA) is 84.7 Å². The molecule has 7 nitrogen and oxygen atoms in total. The summed E-state index contributed by atoms with van der Waals surface area (Å²) in [5.74, 6) is 1.35. The summed E-state index contributed by atoms with van der Waals surface area (Å²) in [6, 6.07) is 0. The highest BCUT2D eigenvalue weighted by Gasteiger charge is 2.16. The molecule has 0 spiro atoms. The molecule has 0 saturated carbocycles. The number of nitrogens with one attached hydrogen (secondary N) is 2. The standard InChI is InChI=1S/C14H20N6O/c1-9(2)13-17-7-10(15-3)12(19-13)14(21)18-8-11-16-5-6-20(11)4/h5-7,9,15H,8H2,1-4H3,(H,18,21). The van der Waals surface area contributed by atoms with Crippen LogP contribution in [0.4, 0.5) is 5.69 Å². The summed E-state index contributed by atoms with van der Waals surface area (Å²) in [5.41, 5.74) is 0.960. The Bertz CT molecular complexity index is 634. The molecule has 2 aromatic rings. The van der Waals surface area contributed by atoms with Crippen molar-refractivity contribution in [3.05, 3.63) is 35.9 Å². The van der Waals surface area contributed by atoms with E-state index in [-0.39, 0.29) is 11.8 Å². The molecule has 21 heavy (non-hydrogen) atoms. The molecule has 7 heteroatoms. The normalized spacial score (nSPS) is 10.7. The number of nitrogens with zero attached hydrogens (tertiary/aromatic N) is 4. The van der Waals surface area contributed by atoms with Crippen molar-refractivity contribution < 1.29 is 4.79 Å². The molecule has 1 amide bonds. The van der Waals surface area contributed by atoms with Crippen LogP contribution < -0.4 is 10.6 Å². The number of hydrogen-bond donors (Lipinski definition) is 2. The van der Waals surface area contributed by atoms with E-state index in [2.05, 4.69) is 25.6 Å². The minimum Gasteiger partial charge on any atom is -0.385 e. The molecule has 0 bridgehead atoms. The first kappa shape index (κ1) is 15.0. The molecule has 0 aliphatic heterocycles. The molecule has 2 N–H and O–H groups in total. The average Bonchev–Trinajstić information content (AvgIpc) is 2.89. The summed E-state index contributed by atoms with van der Waals surface area (Å²) in [4.78, 5) is 25.1. The molecule has 0 aliphatic rings. The highest BCUT2D eigenvalue weighted by atomic mass is 16.1. The van der Waals surface area contributed by atoms with Gasteiger partial charge in [-0.1, -0.05) is 13.8 Å². The number of carbonyl (C=O) groups is 1. The van der Waals surface area contributed by atoms with Crippen LogP contribution in [-0.4, -0.2) is 32.5 Å². The Balaban J connectivity index is 2.17. The zero-order chi connectivity index (χ0) is 15.4. The van der Waals surface area contributed by atoms with E-state index < -0.39 is 0 Å². The van der Waals surface area contributed by atoms with Crippen molar-refractivity contribution in [3.63, 3.8) is 0 Å². The van der Waals surface area contributed by atoms with E-state index in [0.29, 0.717) is 23.8 Å². The lowest BCUT2D eigenvalue weighted by Crippen LogP contribution is -2.27. The number of amides is 1. The molecule has 0 aromatic carbocycles. The van der Waals surface area contributed by atoms with Gasteiger partial charge in [-0.15, -0.1) is 0 Å². The second-order valence-corrected chi connectivity index (χ2v) is 5.03. The van der Waals surface area contributed by atoms with E-state index in [1.165, 1.54) is 0 Å². The lowest BCUT2D eigenvalue weighted by atomic mass is 10.2. The molecule has 2 rings (SSSR count). The Morgan fingerprint density at radius 3 is 2.71 bits per heavy atom. The molecule has 2 heterocycles. The van der Waals surface area contributed by atoms with Gasteiger partial charge in [0.15, 0.2) is 5.69 Å². The molecule has 2 aromatic heterocycles. The number of aromatic nitrogens is 4. The predicted octanol–water partition coefficient (Wildman–Crippen LogP) is 1.31. The summed E-state index contributed by atoms with van der Waals surface area (Å²) in [6.07, 6.45) is 5.17. The number of imidazole rings is 1. The lowest BCUT2D eigenvalue weighted by Gasteiger charge is -2.11. The summed E-state index contributed by atoms with van der Waals surface area (Å²) in [5, 5.41) is 5.77. The Kier molecular flexibility index (Phi) is 4.52. The van der Waals surface area contributed by atoms with Crippen molar-refractivity contribution >= 4 is 11.6 Å². The van der Waals surface area contributed by atoms with Gasteiger partial charge in [-0.05, 0) is 0 Å². The predicted molar refractivity (Wildman–Crippen MR) is 80.0 cm³/mol. The Morgan fingerprint density at radius 1 is 1.38 bits per heavy atom. The van der Waals surface area contributed by atoms with Crippen molar-refractivity contribution in [2.24, 2.45) is 7.05 Å². The molecule has 0 fully saturated rings. The molecule has 0 saturated heterocycles. The molecule has 0 aliphatic carbocycles. The Hall–Kier alpha value is -2.44. The van der Waals surface area contributed by atoms with Crippen LogP contribution in [0.1, 0.15) is 41.9 Å². The van der Waals surface area contributed by atoms with Crippen LogP contribution in [0.2, 0.25) is 0 Å². The monoisotopic (exact) mass is 288 g/mol. The van der Waals surface area contributed by atoms with Gasteiger partial charge in [0.1, 0.15) is 11.6 Å². The van der Waals surface area contributed by atoms with Crippen LogP contribution in [-0.2, 0) is 13.6 Å². The van der Waals surface area contributed by atoms with Crippen molar-refractivity contribution in [1.29, 1.82) is 0 Å². The Morgan fingerprint density at radius 2 is 2.14 bits per heavy atom. The van der Waals surface area contributed by atoms with Gasteiger partial charge in [-0.25, -0.2) is 15.0 Å². The van der Waals surface area contributed by atoms with Gasteiger partial charge in [0.05, 0.1) is 18.4 Å². The first-order chi connectivity index (χ1) is 10.0. The van der Waals surface area contributed by atoms with Gasteiger partial charge in [-0.3, -0.25) is 4.79 Å². The van der Waals surface area contributed by atoms with Crippen molar-refractivity contribution in [1.82, 2.24) is 24.8 Å². The maximum absolute atomic E-state index is 12.3. The van der Waals surface area contributed by atoms with Crippen LogP contribution in [0.15, 0.2) is 18.6 Å². The van der Waals surface area contributed by atoms with E-state index in [9.17, 15) is 4.79 Å². The van der Waals surface area contributed by atoms with Crippen LogP contribution in [0.3, 0.4) is 0 Å².